The lowest BCUT2D eigenvalue weighted by atomic mass is 10.4. The quantitative estimate of drug-likeness (QED) is 0.814. The standard InChI is InChI=1S/C7H8F3N3O2/c1-4-12-5(13-15-4)2-3-11-6(14)7(8,9)10/h2-3H2,1H3,(H,11,14). The molecule has 1 N–H and O–H groups in total. The fraction of sp³-hybridized carbons (Fsp3) is 0.571. The van der Waals surface area contributed by atoms with Gasteiger partial charge in [0.1, 0.15) is 0 Å². The molecule has 15 heavy (non-hydrogen) atoms. The van der Waals surface area contributed by atoms with Crippen LogP contribution in [0.3, 0.4) is 0 Å². The maximum absolute atomic E-state index is 11.7. The van der Waals surface area contributed by atoms with Gasteiger partial charge in [-0.3, -0.25) is 4.79 Å². The van der Waals surface area contributed by atoms with Crippen LogP contribution in [0.25, 0.3) is 0 Å². The number of carbonyl (C=O) groups is 1. The van der Waals surface area contributed by atoms with Crippen molar-refractivity contribution in [3.8, 4) is 0 Å². The van der Waals surface area contributed by atoms with Crippen LogP contribution in [0.4, 0.5) is 13.2 Å². The van der Waals surface area contributed by atoms with E-state index in [1.54, 1.807) is 12.2 Å². The molecular formula is C7H8F3N3O2. The van der Waals surface area contributed by atoms with Crippen molar-refractivity contribution in [3.63, 3.8) is 0 Å². The molecule has 1 heterocycles. The Morgan fingerprint density at radius 3 is 2.67 bits per heavy atom. The Morgan fingerprint density at radius 2 is 2.20 bits per heavy atom. The lowest BCUT2D eigenvalue weighted by Crippen LogP contribution is -2.37. The van der Waals surface area contributed by atoms with Gasteiger partial charge < -0.3 is 9.84 Å². The van der Waals surface area contributed by atoms with Gasteiger partial charge in [-0.2, -0.15) is 18.2 Å². The van der Waals surface area contributed by atoms with E-state index in [0.717, 1.165) is 0 Å². The highest BCUT2D eigenvalue weighted by Gasteiger charge is 2.38. The van der Waals surface area contributed by atoms with Crippen LogP contribution < -0.4 is 5.32 Å². The van der Waals surface area contributed by atoms with Gasteiger partial charge in [0.05, 0.1) is 0 Å². The van der Waals surface area contributed by atoms with E-state index in [-0.39, 0.29) is 18.8 Å². The molecule has 0 aliphatic rings. The van der Waals surface area contributed by atoms with Gasteiger partial charge in [0.2, 0.25) is 5.89 Å². The van der Waals surface area contributed by atoms with E-state index in [4.69, 9.17) is 0 Å². The molecule has 84 valence electrons. The molecule has 0 saturated heterocycles. The van der Waals surface area contributed by atoms with Crippen molar-refractivity contribution in [1.82, 2.24) is 15.5 Å². The van der Waals surface area contributed by atoms with Crippen LogP contribution in [0.2, 0.25) is 0 Å². The lowest BCUT2D eigenvalue weighted by molar-refractivity contribution is -0.173. The Kier molecular flexibility index (Phi) is 3.28. The topological polar surface area (TPSA) is 68.0 Å². The predicted octanol–water partition coefficient (Wildman–Crippen LogP) is 0.599. The van der Waals surface area contributed by atoms with Gasteiger partial charge in [-0.05, 0) is 0 Å². The second kappa shape index (κ2) is 4.28. The molecule has 0 aromatic carbocycles. The van der Waals surface area contributed by atoms with Gasteiger partial charge in [-0.25, -0.2) is 0 Å². The van der Waals surface area contributed by atoms with E-state index in [2.05, 4.69) is 14.7 Å². The maximum atomic E-state index is 11.7. The van der Waals surface area contributed by atoms with E-state index in [9.17, 15) is 18.0 Å². The molecule has 0 aliphatic carbocycles. The number of alkyl halides is 3. The summed E-state index contributed by atoms with van der Waals surface area (Å²) in [5.74, 6) is -1.38. The number of carbonyl (C=O) groups excluding carboxylic acids is 1. The van der Waals surface area contributed by atoms with Crippen molar-refractivity contribution in [2.45, 2.75) is 19.5 Å². The normalized spacial score (nSPS) is 11.5. The molecule has 0 spiro atoms. The number of rotatable bonds is 3. The number of nitrogens with one attached hydrogen (secondary N) is 1. The first-order chi connectivity index (χ1) is 6.89. The van der Waals surface area contributed by atoms with Crippen molar-refractivity contribution in [2.75, 3.05) is 6.54 Å². The molecule has 0 unspecified atom stereocenters. The van der Waals surface area contributed by atoms with Gasteiger partial charge in [0.25, 0.3) is 0 Å². The van der Waals surface area contributed by atoms with E-state index in [1.807, 2.05) is 0 Å². The summed E-state index contributed by atoms with van der Waals surface area (Å²) in [7, 11) is 0. The van der Waals surface area contributed by atoms with Crippen molar-refractivity contribution >= 4 is 5.91 Å². The Hall–Kier alpha value is -1.60. The molecule has 0 aliphatic heterocycles. The average Bonchev–Trinajstić information content (AvgIpc) is 2.49. The van der Waals surface area contributed by atoms with E-state index < -0.39 is 12.1 Å². The van der Waals surface area contributed by atoms with Gasteiger partial charge in [0, 0.05) is 19.9 Å². The molecule has 0 bridgehead atoms. The summed E-state index contributed by atoms with van der Waals surface area (Å²) in [4.78, 5) is 14.1. The minimum absolute atomic E-state index is 0.0964. The molecule has 1 amide bonds. The summed E-state index contributed by atoms with van der Waals surface area (Å²) >= 11 is 0. The summed E-state index contributed by atoms with van der Waals surface area (Å²) in [6.07, 6.45) is -4.76. The number of aromatic nitrogens is 2. The Labute approximate surface area is 82.6 Å². The third-order valence-corrected chi connectivity index (χ3v) is 1.46. The zero-order valence-corrected chi connectivity index (χ0v) is 7.76. The molecule has 0 saturated carbocycles. The first-order valence-electron chi connectivity index (χ1n) is 4.04. The third kappa shape index (κ3) is 3.56. The number of hydrogen-bond acceptors (Lipinski definition) is 4. The number of hydrogen-bond donors (Lipinski definition) is 1. The van der Waals surface area contributed by atoms with Crippen LogP contribution in [0.1, 0.15) is 11.7 Å². The van der Waals surface area contributed by atoms with Crippen LogP contribution in [0.5, 0.6) is 0 Å². The smallest absolute Gasteiger partial charge is 0.348 e. The van der Waals surface area contributed by atoms with E-state index in [0.29, 0.717) is 5.89 Å². The molecule has 1 aromatic heterocycles. The second-order valence-corrected chi connectivity index (χ2v) is 2.73. The zero-order chi connectivity index (χ0) is 11.5. The molecule has 1 aromatic rings. The van der Waals surface area contributed by atoms with Gasteiger partial charge in [-0.1, -0.05) is 5.16 Å². The summed E-state index contributed by atoms with van der Waals surface area (Å²) in [6, 6.07) is 0. The lowest BCUT2D eigenvalue weighted by Gasteiger charge is -2.05. The molecule has 1 rings (SSSR count). The third-order valence-electron chi connectivity index (χ3n) is 1.46. The van der Waals surface area contributed by atoms with Crippen LogP contribution in [0.15, 0.2) is 4.52 Å². The predicted molar refractivity (Wildman–Crippen MR) is 41.8 cm³/mol. The van der Waals surface area contributed by atoms with E-state index >= 15 is 0 Å². The molecule has 0 radical (unpaired) electrons. The van der Waals surface area contributed by atoms with Gasteiger partial charge >= 0.3 is 12.1 Å². The SMILES string of the molecule is Cc1nc(CCNC(=O)C(F)(F)F)no1. The maximum Gasteiger partial charge on any atom is 0.471 e. The first kappa shape index (κ1) is 11.5. The number of nitrogens with zero attached hydrogens (tertiary/aromatic N) is 2. The van der Waals surface area contributed by atoms with Crippen molar-refractivity contribution in [3.05, 3.63) is 11.7 Å². The fourth-order valence-electron chi connectivity index (χ4n) is 0.831. The van der Waals surface area contributed by atoms with Crippen molar-refractivity contribution in [2.24, 2.45) is 0 Å². The van der Waals surface area contributed by atoms with Crippen LogP contribution in [-0.2, 0) is 11.2 Å². The van der Waals surface area contributed by atoms with Crippen LogP contribution >= 0.6 is 0 Å². The Morgan fingerprint density at radius 1 is 1.53 bits per heavy atom. The summed E-state index contributed by atoms with van der Waals surface area (Å²) < 4.78 is 39.7. The fourth-order valence-corrected chi connectivity index (χ4v) is 0.831. The molecule has 8 heteroatoms. The highest BCUT2D eigenvalue weighted by molar-refractivity contribution is 5.81. The summed E-state index contributed by atoms with van der Waals surface area (Å²) in [6.45, 7) is 1.38. The highest BCUT2D eigenvalue weighted by Crippen LogP contribution is 2.13. The zero-order valence-electron chi connectivity index (χ0n) is 7.76. The Bertz CT molecular complexity index is 347. The average molecular weight is 223 g/mol. The molecule has 5 nitrogen and oxygen atoms in total. The molecule has 0 fully saturated rings. The number of halogens is 3. The van der Waals surface area contributed by atoms with E-state index in [1.165, 1.54) is 0 Å². The monoisotopic (exact) mass is 223 g/mol. The molecular weight excluding hydrogens is 215 g/mol. The second-order valence-electron chi connectivity index (χ2n) is 2.73. The summed E-state index contributed by atoms with van der Waals surface area (Å²) in [5.41, 5.74) is 0. The Balaban J connectivity index is 2.31. The minimum atomic E-state index is -4.85. The first-order valence-corrected chi connectivity index (χ1v) is 4.04. The minimum Gasteiger partial charge on any atom is -0.348 e. The largest absolute Gasteiger partial charge is 0.471 e. The van der Waals surface area contributed by atoms with Crippen molar-refractivity contribution < 1.29 is 22.5 Å². The number of amides is 1. The van der Waals surface area contributed by atoms with Crippen molar-refractivity contribution in [1.29, 1.82) is 0 Å². The van der Waals surface area contributed by atoms with Gasteiger partial charge in [-0.15, -0.1) is 0 Å². The highest BCUT2D eigenvalue weighted by atomic mass is 19.4. The molecule has 0 atom stereocenters. The van der Waals surface area contributed by atoms with Crippen LogP contribution in [-0.4, -0.2) is 28.8 Å². The number of aryl methyl sites for hydroxylation is 1. The summed E-state index contributed by atoms with van der Waals surface area (Å²) in [5, 5.41) is 5.15. The van der Waals surface area contributed by atoms with Crippen LogP contribution in [0, 0.1) is 6.92 Å². The van der Waals surface area contributed by atoms with Gasteiger partial charge in [0.15, 0.2) is 5.82 Å².